The summed E-state index contributed by atoms with van der Waals surface area (Å²) in [5, 5.41) is 2.63. The first kappa shape index (κ1) is 28.1. The molecule has 2 aliphatic rings. The van der Waals surface area contributed by atoms with E-state index in [1.54, 1.807) is 0 Å². The fourth-order valence-corrected chi connectivity index (χ4v) is 8.99. The lowest BCUT2D eigenvalue weighted by Gasteiger charge is -2.31. The van der Waals surface area contributed by atoms with Crippen molar-refractivity contribution in [1.29, 1.82) is 0 Å². The van der Waals surface area contributed by atoms with Crippen molar-refractivity contribution in [2.75, 3.05) is 0 Å². The molecule has 8 aromatic carbocycles. The second-order valence-electron chi connectivity index (χ2n) is 13.6. The molecule has 1 atom stereocenters. The zero-order chi connectivity index (χ0) is 32.4. The summed E-state index contributed by atoms with van der Waals surface area (Å²) in [5.41, 5.74) is 17.1. The number of hydrogen-bond acceptors (Lipinski definition) is 0. The minimum absolute atomic E-state index is 0.175. The fourth-order valence-electron chi connectivity index (χ4n) is 8.99. The molecule has 0 amide bonds. The molecular weight excluding hydrogens is 589 g/mol. The number of hydrogen-bond donors (Lipinski definition) is 0. The molecule has 0 heteroatoms. The van der Waals surface area contributed by atoms with E-state index in [0.29, 0.717) is 0 Å². The van der Waals surface area contributed by atoms with E-state index in [1.807, 2.05) is 0 Å². The smallest absolute Gasteiger partial charge is 0.0622 e. The van der Waals surface area contributed by atoms with Crippen LogP contribution in [0.15, 0.2) is 188 Å². The lowest BCUT2D eigenvalue weighted by Crippen LogP contribution is -2.26. The summed E-state index contributed by atoms with van der Waals surface area (Å²) in [6.07, 6.45) is 0.915. The molecule has 0 N–H and O–H groups in total. The van der Waals surface area contributed by atoms with E-state index >= 15 is 0 Å². The molecule has 0 heterocycles. The highest BCUT2D eigenvalue weighted by molar-refractivity contribution is 5.95. The van der Waals surface area contributed by atoms with Crippen LogP contribution in [0, 0.1) is 0 Å². The third kappa shape index (κ3) is 4.17. The van der Waals surface area contributed by atoms with E-state index in [-0.39, 0.29) is 11.3 Å². The van der Waals surface area contributed by atoms with Crippen LogP contribution < -0.4 is 0 Å². The van der Waals surface area contributed by atoms with Gasteiger partial charge < -0.3 is 0 Å². The quantitative estimate of drug-likeness (QED) is 0.179. The Morgan fingerprint density at radius 2 is 0.878 bits per heavy atom. The molecule has 0 bridgehead atoms. The van der Waals surface area contributed by atoms with Crippen LogP contribution in [0.1, 0.15) is 44.9 Å². The van der Waals surface area contributed by atoms with E-state index in [0.717, 1.165) is 6.42 Å². The highest BCUT2D eigenvalue weighted by Gasteiger charge is 2.51. The Kier molecular flexibility index (Phi) is 6.33. The van der Waals surface area contributed by atoms with Crippen LogP contribution in [0.2, 0.25) is 0 Å². The van der Waals surface area contributed by atoms with Crippen molar-refractivity contribution < 1.29 is 0 Å². The van der Waals surface area contributed by atoms with Crippen molar-refractivity contribution in [1.82, 2.24) is 0 Å². The molecule has 0 saturated carbocycles. The van der Waals surface area contributed by atoms with E-state index in [2.05, 4.69) is 188 Å². The topological polar surface area (TPSA) is 0 Å². The Morgan fingerprint density at radius 1 is 0.367 bits per heavy atom. The molecule has 0 saturated heterocycles. The summed E-state index contributed by atoms with van der Waals surface area (Å²) in [4.78, 5) is 0. The van der Waals surface area contributed by atoms with E-state index in [4.69, 9.17) is 0 Å². The average molecular weight is 623 g/mol. The third-order valence-electron chi connectivity index (χ3n) is 11.1. The van der Waals surface area contributed by atoms with Gasteiger partial charge in [-0.25, -0.2) is 0 Å². The summed E-state index contributed by atoms with van der Waals surface area (Å²) in [7, 11) is 0. The van der Waals surface area contributed by atoms with E-state index < -0.39 is 0 Å². The van der Waals surface area contributed by atoms with Crippen molar-refractivity contribution in [3.63, 3.8) is 0 Å². The summed E-state index contributed by atoms with van der Waals surface area (Å²) < 4.78 is 0. The van der Waals surface area contributed by atoms with Crippen molar-refractivity contribution in [3.05, 3.63) is 227 Å². The molecule has 1 unspecified atom stereocenters. The first-order valence-corrected chi connectivity index (χ1v) is 17.4. The van der Waals surface area contributed by atoms with Crippen LogP contribution in [-0.4, -0.2) is 0 Å². The van der Waals surface area contributed by atoms with Crippen LogP contribution in [0.25, 0.3) is 44.2 Å². The normalized spacial score (nSPS) is 13.9. The summed E-state index contributed by atoms with van der Waals surface area (Å²) in [6, 6.07) is 70.2. The van der Waals surface area contributed by atoms with Crippen LogP contribution in [-0.2, 0) is 11.8 Å². The van der Waals surface area contributed by atoms with Gasteiger partial charge in [-0.3, -0.25) is 0 Å². The Balaban J connectivity index is 1.19. The molecule has 0 fully saturated rings. The molecule has 0 aromatic heterocycles. The van der Waals surface area contributed by atoms with Gasteiger partial charge >= 0.3 is 0 Å². The number of fused-ring (bicyclic) bond motifs is 11. The molecule has 8 aromatic rings. The van der Waals surface area contributed by atoms with Gasteiger partial charge in [-0.15, -0.1) is 0 Å². The maximum atomic E-state index is 2.56. The Morgan fingerprint density at radius 3 is 1.55 bits per heavy atom. The number of rotatable bonds is 5. The predicted molar refractivity (Wildman–Crippen MR) is 204 cm³/mol. The molecule has 49 heavy (non-hydrogen) atoms. The molecule has 230 valence electrons. The van der Waals surface area contributed by atoms with E-state index in [1.165, 1.54) is 83.1 Å². The van der Waals surface area contributed by atoms with Crippen molar-refractivity contribution in [2.45, 2.75) is 17.8 Å². The Labute approximate surface area is 288 Å². The first-order valence-electron chi connectivity index (χ1n) is 17.4. The Hall–Kier alpha value is -5.98. The number of benzene rings is 8. The average Bonchev–Trinajstić information content (AvgIpc) is 3.64. The minimum Gasteiger partial charge on any atom is -0.0622 e. The van der Waals surface area contributed by atoms with Crippen LogP contribution in [0.3, 0.4) is 0 Å². The lowest BCUT2D eigenvalue weighted by atomic mass is 9.70. The van der Waals surface area contributed by atoms with Crippen molar-refractivity contribution in [3.8, 4) is 33.4 Å². The summed E-state index contributed by atoms with van der Waals surface area (Å²) in [5.74, 6) is 0.175. The van der Waals surface area contributed by atoms with Crippen molar-refractivity contribution >= 4 is 10.8 Å². The third-order valence-corrected chi connectivity index (χ3v) is 11.1. The van der Waals surface area contributed by atoms with Gasteiger partial charge in [-0.2, -0.15) is 0 Å². The van der Waals surface area contributed by atoms with Gasteiger partial charge in [0.2, 0.25) is 0 Å². The van der Waals surface area contributed by atoms with Crippen LogP contribution in [0.4, 0.5) is 0 Å². The fraction of sp³-hybridized carbons (Fsp3) is 0.0612. The molecule has 0 radical (unpaired) electrons. The minimum atomic E-state index is -0.351. The van der Waals surface area contributed by atoms with Crippen LogP contribution in [0.5, 0.6) is 0 Å². The van der Waals surface area contributed by atoms with Crippen molar-refractivity contribution in [2.24, 2.45) is 0 Å². The van der Waals surface area contributed by atoms with E-state index in [9.17, 15) is 0 Å². The zero-order valence-electron chi connectivity index (χ0n) is 27.2. The second kappa shape index (κ2) is 11.0. The second-order valence-corrected chi connectivity index (χ2v) is 13.6. The largest absolute Gasteiger partial charge is 0.0725 e. The molecular formula is C49H34. The highest BCUT2D eigenvalue weighted by atomic mass is 14.5. The lowest BCUT2D eigenvalue weighted by molar-refractivity contribution is 0.775. The van der Waals surface area contributed by atoms with Gasteiger partial charge in [0.25, 0.3) is 0 Å². The molecule has 0 aliphatic heterocycles. The van der Waals surface area contributed by atoms with Crippen LogP contribution >= 0.6 is 0 Å². The first-order chi connectivity index (χ1) is 24.3. The van der Waals surface area contributed by atoms with Gasteiger partial charge in [0, 0.05) is 5.92 Å². The maximum absolute atomic E-state index is 2.56. The zero-order valence-corrected chi connectivity index (χ0v) is 27.2. The maximum Gasteiger partial charge on any atom is 0.0725 e. The molecule has 10 rings (SSSR count). The standard InChI is InChI=1S/C49H34/c1-2-13-33(14-3-1)34-25-27-36(28-26-34)44(31-37-17-12-16-35-15-4-5-18-39(35)37)38-29-30-43-42-21-8-11-24-47(42)49(48(43)32-38)45-22-9-6-19-40(45)41-20-7-10-23-46(41)49/h1-30,32,44H,31H2. The SMILES string of the molecule is c1ccc(-c2ccc(C(Cc3cccc4ccccc34)c3ccc4c(c3)C3(c5ccccc5-c5ccccc53)c3ccccc3-4)cc2)cc1. The summed E-state index contributed by atoms with van der Waals surface area (Å²) in [6.45, 7) is 0. The van der Waals surface area contributed by atoms with Gasteiger partial charge in [-0.05, 0) is 89.5 Å². The predicted octanol–water partition coefficient (Wildman–Crippen LogP) is 12.2. The Bertz CT molecular complexity index is 2450. The van der Waals surface area contributed by atoms with Gasteiger partial charge in [0.05, 0.1) is 5.41 Å². The highest BCUT2D eigenvalue weighted by Crippen LogP contribution is 2.63. The van der Waals surface area contributed by atoms with Gasteiger partial charge in [-0.1, -0.05) is 188 Å². The van der Waals surface area contributed by atoms with Gasteiger partial charge in [0.15, 0.2) is 0 Å². The summed E-state index contributed by atoms with van der Waals surface area (Å²) >= 11 is 0. The monoisotopic (exact) mass is 622 g/mol. The molecule has 2 aliphatic carbocycles. The molecule has 1 spiro atoms. The van der Waals surface area contributed by atoms with Gasteiger partial charge in [0.1, 0.15) is 0 Å². The molecule has 0 nitrogen and oxygen atoms in total.